The van der Waals surface area contributed by atoms with Gasteiger partial charge in [0.15, 0.2) is 0 Å². The third-order valence-corrected chi connectivity index (χ3v) is 5.12. The van der Waals surface area contributed by atoms with E-state index in [9.17, 15) is 9.59 Å². The highest BCUT2D eigenvalue weighted by Crippen LogP contribution is 2.15. The zero-order valence-corrected chi connectivity index (χ0v) is 17.8. The van der Waals surface area contributed by atoms with Crippen LogP contribution in [0.5, 0.6) is 5.75 Å². The highest BCUT2D eigenvalue weighted by atomic mass is 32.1. The molecule has 0 atom stereocenters. The molecule has 1 amide bonds. The van der Waals surface area contributed by atoms with Crippen LogP contribution < -0.4 is 10.1 Å². The number of nitrogens with zero attached hydrogens (tertiary/aromatic N) is 1. The second-order valence-electron chi connectivity index (χ2n) is 6.90. The Labute approximate surface area is 179 Å². The molecule has 0 aliphatic rings. The summed E-state index contributed by atoms with van der Waals surface area (Å²) in [5, 5.41) is 5.32. The number of carbonyl (C=O) groups excluding carboxylic acids is 2. The molecule has 0 radical (unpaired) electrons. The predicted octanol–water partition coefficient (Wildman–Crippen LogP) is 4.45. The Morgan fingerprint density at radius 1 is 1.00 bits per heavy atom. The molecule has 0 aliphatic carbocycles. The first-order valence-corrected chi connectivity index (χ1v) is 10.5. The summed E-state index contributed by atoms with van der Waals surface area (Å²) in [5.41, 5.74) is 3.67. The van der Waals surface area contributed by atoms with Crippen LogP contribution in [-0.2, 0) is 27.4 Å². The van der Waals surface area contributed by atoms with E-state index >= 15 is 0 Å². The minimum atomic E-state index is -0.353. The average Bonchev–Trinajstić information content (AvgIpc) is 3.17. The molecule has 0 aliphatic heterocycles. The fraction of sp³-hybridized carbons (Fsp3) is 0.261. The molecule has 30 heavy (non-hydrogen) atoms. The minimum Gasteiger partial charge on any atom is -0.493 e. The van der Waals surface area contributed by atoms with E-state index < -0.39 is 0 Å². The maximum atomic E-state index is 12.2. The van der Waals surface area contributed by atoms with Crippen LogP contribution in [0.1, 0.15) is 28.2 Å². The number of hydrogen-bond acceptors (Lipinski definition) is 6. The lowest BCUT2D eigenvalue weighted by Gasteiger charge is -2.06. The van der Waals surface area contributed by atoms with Crippen LogP contribution in [0.2, 0.25) is 0 Å². The monoisotopic (exact) mass is 424 g/mol. The van der Waals surface area contributed by atoms with Gasteiger partial charge in [0, 0.05) is 11.1 Å². The number of amides is 1. The zero-order valence-electron chi connectivity index (χ0n) is 17.0. The number of ether oxygens (including phenoxy) is 2. The van der Waals surface area contributed by atoms with Crippen molar-refractivity contribution in [3.8, 4) is 5.75 Å². The molecule has 0 saturated heterocycles. The number of rotatable bonds is 9. The molecule has 6 nitrogen and oxygen atoms in total. The van der Waals surface area contributed by atoms with Crippen LogP contribution in [0.3, 0.4) is 0 Å². The zero-order chi connectivity index (χ0) is 21.3. The maximum Gasteiger partial charge on any atom is 0.309 e. The number of thiazole rings is 1. The molecule has 3 rings (SSSR count). The van der Waals surface area contributed by atoms with E-state index in [2.05, 4.69) is 10.3 Å². The van der Waals surface area contributed by atoms with Gasteiger partial charge in [-0.3, -0.25) is 9.59 Å². The fourth-order valence-corrected chi connectivity index (χ4v) is 3.37. The molecule has 0 fully saturated rings. The topological polar surface area (TPSA) is 77.5 Å². The second kappa shape index (κ2) is 10.5. The Morgan fingerprint density at radius 3 is 2.37 bits per heavy atom. The van der Waals surface area contributed by atoms with E-state index in [1.165, 1.54) is 11.3 Å². The van der Waals surface area contributed by atoms with Crippen LogP contribution in [0, 0.1) is 13.8 Å². The summed E-state index contributed by atoms with van der Waals surface area (Å²) >= 11 is 1.37. The number of aryl methyl sites for hydroxylation is 2. The maximum absolute atomic E-state index is 12.2. The van der Waals surface area contributed by atoms with Crippen molar-refractivity contribution in [3.63, 3.8) is 0 Å². The first-order chi connectivity index (χ1) is 14.5. The van der Waals surface area contributed by atoms with Gasteiger partial charge in [0.1, 0.15) is 17.4 Å². The van der Waals surface area contributed by atoms with Crippen LogP contribution in [0.4, 0.5) is 5.69 Å². The summed E-state index contributed by atoms with van der Waals surface area (Å²) in [6, 6.07) is 15.3. The van der Waals surface area contributed by atoms with E-state index in [1.54, 1.807) is 5.38 Å². The molecule has 1 aromatic heterocycles. The first kappa shape index (κ1) is 21.5. The standard InChI is InChI=1S/C23H24N2O4S/c1-16-3-7-18(8-4-16)24-21(26)13-22-25-19(15-30-22)14-29-23(27)11-12-28-20-9-5-17(2)6-10-20/h3-10,15H,11-14H2,1-2H3,(H,24,26). The van der Waals surface area contributed by atoms with Gasteiger partial charge in [0.05, 0.1) is 25.1 Å². The van der Waals surface area contributed by atoms with Crippen molar-refractivity contribution >= 4 is 28.9 Å². The van der Waals surface area contributed by atoms with Crippen LogP contribution in [-0.4, -0.2) is 23.5 Å². The Kier molecular flexibility index (Phi) is 7.57. The predicted molar refractivity (Wildman–Crippen MR) is 117 cm³/mol. The lowest BCUT2D eigenvalue weighted by Crippen LogP contribution is -2.14. The summed E-state index contributed by atoms with van der Waals surface area (Å²) in [7, 11) is 0. The van der Waals surface area contributed by atoms with Crippen molar-refractivity contribution in [2.24, 2.45) is 0 Å². The molecular weight excluding hydrogens is 400 g/mol. The quantitative estimate of drug-likeness (QED) is 0.514. The Hall–Kier alpha value is -3.19. The third-order valence-electron chi connectivity index (χ3n) is 4.22. The first-order valence-electron chi connectivity index (χ1n) is 9.63. The van der Waals surface area contributed by atoms with E-state index in [4.69, 9.17) is 9.47 Å². The molecular formula is C23H24N2O4S. The summed E-state index contributed by atoms with van der Waals surface area (Å²) in [5.74, 6) is 0.236. The van der Waals surface area contributed by atoms with E-state index in [0.717, 1.165) is 22.6 Å². The number of aromatic nitrogens is 1. The molecule has 2 aromatic carbocycles. The molecule has 1 N–H and O–H groups in total. The summed E-state index contributed by atoms with van der Waals surface area (Å²) in [4.78, 5) is 28.4. The fourth-order valence-electron chi connectivity index (χ4n) is 2.59. The van der Waals surface area contributed by atoms with Crippen molar-refractivity contribution in [2.75, 3.05) is 11.9 Å². The number of benzene rings is 2. The average molecular weight is 425 g/mol. The summed E-state index contributed by atoms with van der Waals surface area (Å²) in [6.45, 7) is 4.33. The van der Waals surface area contributed by atoms with Crippen molar-refractivity contribution in [3.05, 3.63) is 75.7 Å². The minimum absolute atomic E-state index is 0.0828. The largest absolute Gasteiger partial charge is 0.493 e. The van der Waals surface area contributed by atoms with Crippen molar-refractivity contribution < 1.29 is 19.1 Å². The van der Waals surface area contributed by atoms with Crippen LogP contribution >= 0.6 is 11.3 Å². The third kappa shape index (κ3) is 7.00. The number of nitrogens with one attached hydrogen (secondary N) is 1. The highest BCUT2D eigenvalue weighted by Gasteiger charge is 2.10. The lowest BCUT2D eigenvalue weighted by atomic mass is 10.2. The van der Waals surface area contributed by atoms with Crippen LogP contribution in [0.15, 0.2) is 53.9 Å². The lowest BCUT2D eigenvalue weighted by molar-refractivity contribution is -0.145. The molecule has 0 spiro atoms. The summed E-state index contributed by atoms with van der Waals surface area (Å²) < 4.78 is 10.8. The smallest absolute Gasteiger partial charge is 0.309 e. The van der Waals surface area contributed by atoms with Gasteiger partial charge >= 0.3 is 5.97 Å². The number of hydrogen-bond donors (Lipinski definition) is 1. The normalized spacial score (nSPS) is 10.5. The Bertz CT molecular complexity index is 981. The van der Waals surface area contributed by atoms with E-state index in [1.807, 2.05) is 62.4 Å². The van der Waals surface area contributed by atoms with Crippen molar-refractivity contribution in [2.45, 2.75) is 33.3 Å². The van der Waals surface area contributed by atoms with Crippen molar-refractivity contribution in [1.82, 2.24) is 4.98 Å². The molecule has 1 heterocycles. The molecule has 7 heteroatoms. The molecule has 0 saturated carbocycles. The number of esters is 1. The van der Waals surface area contributed by atoms with Gasteiger partial charge in [-0.05, 0) is 38.1 Å². The highest BCUT2D eigenvalue weighted by molar-refractivity contribution is 7.09. The SMILES string of the molecule is Cc1ccc(NC(=O)Cc2nc(COC(=O)CCOc3ccc(C)cc3)cs2)cc1. The molecule has 156 valence electrons. The van der Waals surface area contributed by atoms with Gasteiger partial charge in [0.2, 0.25) is 5.91 Å². The second-order valence-corrected chi connectivity index (χ2v) is 7.84. The van der Waals surface area contributed by atoms with Gasteiger partial charge in [0.25, 0.3) is 0 Å². The summed E-state index contributed by atoms with van der Waals surface area (Å²) in [6.07, 6.45) is 0.334. The molecule has 3 aromatic rings. The Balaban J connectivity index is 1.37. The molecule has 0 bridgehead atoms. The van der Waals surface area contributed by atoms with E-state index in [0.29, 0.717) is 10.7 Å². The number of carbonyl (C=O) groups is 2. The van der Waals surface area contributed by atoms with Gasteiger partial charge in [-0.2, -0.15) is 0 Å². The van der Waals surface area contributed by atoms with Gasteiger partial charge in [-0.1, -0.05) is 35.4 Å². The van der Waals surface area contributed by atoms with Gasteiger partial charge in [-0.15, -0.1) is 11.3 Å². The van der Waals surface area contributed by atoms with Gasteiger partial charge in [-0.25, -0.2) is 4.98 Å². The molecule has 0 unspecified atom stereocenters. The number of anilines is 1. The van der Waals surface area contributed by atoms with Crippen molar-refractivity contribution in [1.29, 1.82) is 0 Å². The van der Waals surface area contributed by atoms with E-state index in [-0.39, 0.29) is 37.9 Å². The van der Waals surface area contributed by atoms with Gasteiger partial charge < -0.3 is 14.8 Å². The van der Waals surface area contributed by atoms with Crippen LogP contribution in [0.25, 0.3) is 0 Å². The Morgan fingerprint density at radius 2 is 1.67 bits per heavy atom.